The molecule has 15 heavy (non-hydrogen) atoms. The van der Waals surface area contributed by atoms with E-state index in [-0.39, 0.29) is 0 Å². The highest BCUT2D eigenvalue weighted by Crippen LogP contribution is 2.12. The smallest absolute Gasteiger partial charge is 0.441 e. The molecule has 0 saturated heterocycles. The standard InChI is InChI=1S/C4H5N3O8/c1-3(8)15-2-4(5(9)10,6(11)12)7(13)14/h2H2,1H3. The van der Waals surface area contributed by atoms with Crippen molar-refractivity contribution in [3.8, 4) is 0 Å². The van der Waals surface area contributed by atoms with Crippen molar-refractivity contribution in [2.75, 3.05) is 6.61 Å². The minimum absolute atomic E-state index is 0.810. The maximum Gasteiger partial charge on any atom is 0.734 e. The minimum Gasteiger partial charge on any atom is -0.441 e. The van der Waals surface area contributed by atoms with Gasteiger partial charge in [0.1, 0.15) is 0 Å². The Hall–Kier alpha value is -2.33. The number of hydrogen-bond donors (Lipinski definition) is 0. The predicted molar refractivity (Wildman–Crippen MR) is 40.3 cm³/mol. The fraction of sp³-hybridized carbons (Fsp3) is 0.750. The average Bonchev–Trinajstić information content (AvgIpc) is 2.02. The molecule has 84 valence electrons. The quantitative estimate of drug-likeness (QED) is 0.249. The molecule has 0 fully saturated rings. The van der Waals surface area contributed by atoms with E-state index in [9.17, 15) is 35.1 Å². The third-order valence-corrected chi connectivity index (χ3v) is 1.35. The van der Waals surface area contributed by atoms with E-state index < -0.39 is 33.1 Å². The maximum absolute atomic E-state index is 10.3. The van der Waals surface area contributed by atoms with Gasteiger partial charge in [0.15, 0.2) is 14.8 Å². The van der Waals surface area contributed by atoms with Gasteiger partial charge in [-0.1, -0.05) is 0 Å². The zero-order valence-electron chi connectivity index (χ0n) is 7.31. The van der Waals surface area contributed by atoms with Crippen LogP contribution in [0.4, 0.5) is 0 Å². The highest BCUT2D eigenvalue weighted by Gasteiger charge is 2.71. The number of carbonyl (C=O) groups excluding carboxylic acids is 1. The van der Waals surface area contributed by atoms with Gasteiger partial charge in [-0.3, -0.25) is 35.1 Å². The zero-order chi connectivity index (χ0) is 12.2. The molecular formula is C4H5N3O8. The maximum atomic E-state index is 10.3. The van der Waals surface area contributed by atoms with Crippen LogP contribution in [0, 0.1) is 30.3 Å². The first-order valence-corrected chi connectivity index (χ1v) is 3.32. The third-order valence-electron chi connectivity index (χ3n) is 1.35. The molecule has 0 heterocycles. The summed E-state index contributed by atoms with van der Waals surface area (Å²) in [5, 5.41) is 30.7. The van der Waals surface area contributed by atoms with Crippen LogP contribution in [0.2, 0.25) is 0 Å². The molecule has 11 nitrogen and oxygen atoms in total. The van der Waals surface area contributed by atoms with Crippen molar-refractivity contribution >= 4 is 5.97 Å². The van der Waals surface area contributed by atoms with Crippen LogP contribution < -0.4 is 0 Å². The van der Waals surface area contributed by atoms with Crippen molar-refractivity contribution in [1.29, 1.82) is 0 Å². The fourth-order valence-corrected chi connectivity index (χ4v) is 0.557. The predicted octanol–water partition coefficient (Wildman–Crippen LogP) is -0.967. The molecule has 0 saturated carbocycles. The molecule has 0 aliphatic rings. The Kier molecular flexibility index (Phi) is 3.59. The number of carbonyl (C=O) groups is 1. The SMILES string of the molecule is CC(=O)OCC([N+](=O)[O-])([N+](=O)[O-])[N+](=O)[O-]. The van der Waals surface area contributed by atoms with E-state index in [4.69, 9.17) is 0 Å². The average molecular weight is 223 g/mol. The summed E-state index contributed by atoms with van der Waals surface area (Å²) < 4.78 is 3.93. The van der Waals surface area contributed by atoms with E-state index in [2.05, 4.69) is 4.74 Å². The van der Waals surface area contributed by atoms with Gasteiger partial charge in [-0.15, -0.1) is 0 Å². The molecular weight excluding hydrogens is 218 g/mol. The lowest BCUT2D eigenvalue weighted by molar-refractivity contribution is -0.970. The largest absolute Gasteiger partial charge is 0.734 e. The van der Waals surface area contributed by atoms with Gasteiger partial charge < -0.3 is 4.74 Å². The van der Waals surface area contributed by atoms with E-state index in [1.807, 2.05) is 0 Å². The fourth-order valence-electron chi connectivity index (χ4n) is 0.557. The summed E-state index contributed by atoms with van der Waals surface area (Å²) in [7, 11) is 0. The van der Waals surface area contributed by atoms with Crippen molar-refractivity contribution in [2.45, 2.75) is 12.7 Å². The Morgan fingerprint density at radius 1 is 1.13 bits per heavy atom. The monoisotopic (exact) mass is 223 g/mol. The molecule has 0 rings (SSSR count). The molecule has 0 radical (unpaired) electrons. The number of rotatable bonds is 5. The van der Waals surface area contributed by atoms with E-state index in [1.165, 1.54) is 0 Å². The van der Waals surface area contributed by atoms with Crippen molar-refractivity contribution in [3.05, 3.63) is 30.3 Å². The van der Waals surface area contributed by atoms with Gasteiger partial charge in [0.25, 0.3) is 0 Å². The zero-order valence-corrected chi connectivity index (χ0v) is 7.31. The van der Waals surface area contributed by atoms with Gasteiger partial charge in [0.05, 0.1) is 0 Å². The molecule has 0 N–H and O–H groups in total. The normalized spacial score (nSPS) is 10.5. The summed E-state index contributed by atoms with van der Waals surface area (Å²) in [5.41, 5.74) is 0. The molecule has 0 aliphatic carbocycles. The number of nitrogens with zero attached hydrogens (tertiary/aromatic N) is 3. The van der Waals surface area contributed by atoms with Crippen molar-refractivity contribution in [1.82, 2.24) is 0 Å². The second kappa shape index (κ2) is 4.26. The number of esters is 1. The van der Waals surface area contributed by atoms with Gasteiger partial charge >= 0.3 is 18.4 Å². The lowest BCUT2D eigenvalue weighted by Gasteiger charge is -2.07. The highest BCUT2D eigenvalue weighted by molar-refractivity contribution is 5.65. The third kappa shape index (κ3) is 2.32. The molecule has 0 aromatic carbocycles. The van der Waals surface area contributed by atoms with Crippen molar-refractivity contribution in [2.24, 2.45) is 0 Å². The summed E-state index contributed by atoms with van der Waals surface area (Å²) in [6.07, 6.45) is 0. The van der Waals surface area contributed by atoms with Crippen LogP contribution in [-0.2, 0) is 9.53 Å². The lowest BCUT2D eigenvalue weighted by atomic mass is 10.4. The first-order chi connectivity index (χ1) is 6.75. The summed E-state index contributed by atoms with van der Waals surface area (Å²) in [6.45, 7) is -0.750. The van der Waals surface area contributed by atoms with E-state index in [0.29, 0.717) is 0 Å². The summed E-state index contributed by atoms with van der Waals surface area (Å²) in [6, 6.07) is 0. The van der Waals surface area contributed by atoms with Crippen molar-refractivity contribution in [3.63, 3.8) is 0 Å². The van der Waals surface area contributed by atoms with Crippen LogP contribution in [-0.4, -0.2) is 33.1 Å². The highest BCUT2D eigenvalue weighted by atomic mass is 16.7. The first-order valence-electron chi connectivity index (χ1n) is 3.32. The molecule has 0 spiro atoms. The second-order valence-electron chi connectivity index (χ2n) is 2.33. The van der Waals surface area contributed by atoms with Gasteiger partial charge in [0.2, 0.25) is 0 Å². The number of ether oxygens (including phenoxy) is 1. The van der Waals surface area contributed by atoms with Crippen LogP contribution in [0.1, 0.15) is 6.92 Å². The van der Waals surface area contributed by atoms with Gasteiger partial charge in [-0.2, -0.15) is 0 Å². The van der Waals surface area contributed by atoms with Crippen LogP contribution in [0.3, 0.4) is 0 Å². The Balaban J connectivity index is 5.15. The van der Waals surface area contributed by atoms with Crippen molar-refractivity contribution < 1.29 is 24.3 Å². The Labute approximate surface area is 81.1 Å². The number of nitro groups is 3. The minimum atomic E-state index is -3.74. The summed E-state index contributed by atoms with van der Waals surface area (Å²) in [5.74, 6) is -4.84. The topological polar surface area (TPSA) is 156 Å². The Morgan fingerprint density at radius 3 is 1.67 bits per heavy atom. The molecule has 11 heteroatoms. The van der Waals surface area contributed by atoms with E-state index >= 15 is 0 Å². The lowest BCUT2D eigenvalue weighted by Crippen LogP contribution is -2.57. The van der Waals surface area contributed by atoms with Gasteiger partial charge in [0, 0.05) is 6.92 Å². The van der Waals surface area contributed by atoms with E-state index in [0.717, 1.165) is 6.92 Å². The van der Waals surface area contributed by atoms with Crippen LogP contribution >= 0.6 is 0 Å². The molecule has 0 unspecified atom stereocenters. The Bertz CT molecular complexity index is 288. The van der Waals surface area contributed by atoms with Crippen LogP contribution in [0.15, 0.2) is 0 Å². The molecule has 0 amide bonds. The molecule has 0 aromatic heterocycles. The molecule has 0 aromatic rings. The van der Waals surface area contributed by atoms with E-state index in [1.54, 1.807) is 0 Å². The van der Waals surface area contributed by atoms with Crippen LogP contribution in [0.25, 0.3) is 0 Å². The van der Waals surface area contributed by atoms with Crippen LogP contribution in [0.5, 0.6) is 0 Å². The van der Waals surface area contributed by atoms with Gasteiger partial charge in [-0.25, -0.2) is 0 Å². The second-order valence-corrected chi connectivity index (χ2v) is 2.33. The Morgan fingerprint density at radius 2 is 1.47 bits per heavy atom. The molecule has 0 atom stereocenters. The molecule has 0 aliphatic heterocycles. The molecule has 0 bridgehead atoms. The number of hydrogen-bond acceptors (Lipinski definition) is 8. The van der Waals surface area contributed by atoms with Gasteiger partial charge in [-0.05, 0) is 0 Å². The summed E-state index contributed by atoms with van der Waals surface area (Å²) in [4.78, 5) is 35.8. The summed E-state index contributed by atoms with van der Waals surface area (Å²) >= 11 is 0. The first kappa shape index (κ1) is 12.7.